The van der Waals surface area contributed by atoms with E-state index in [-0.39, 0.29) is 17.6 Å². The van der Waals surface area contributed by atoms with E-state index < -0.39 is 5.97 Å². The predicted molar refractivity (Wildman–Crippen MR) is 142 cm³/mol. The van der Waals surface area contributed by atoms with Gasteiger partial charge in [0.25, 0.3) is 0 Å². The van der Waals surface area contributed by atoms with Crippen LogP contribution in [0.15, 0.2) is 79.0 Å². The van der Waals surface area contributed by atoms with Crippen LogP contribution in [0.25, 0.3) is 5.69 Å². The molecule has 3 heterocycles. The third kappa shape index (κ3) is 4.17. The van der Waals surface area contributed by atoms with Gasteiger partial charge in [0.2, 0.25) is 0 Å². The van der Waals surface area contributed by atoms with E-state index in [9.17, 15) is 9.90 Å². The molecule has 1 aliphatic rings. The molecule has 1 fully saturated rings. The lowest BCUT2D eigenvalue weighted by atomic mass is 9.96. The number of aryl methyl sites for hydroxylation is 1. The smallest absolute Gasteiger partial charge is 0.335 e. The van der Waals surface area contributed by atoms with Crippen LogP contribution in [0.4, 0.5) is 5.69 Å². The molecule has 2 atom stereocenters. The molecule has 0 aliphatic carbocycles. The van der Waals surface area contributed by atoms with Gasteiger partial charge >= 0.3 is 5.97 Å². The zero-order valence-corrected chi connectivity index (χ0v) is 20.7. The van der Waals surface area contributed by atoms with Gasteiger partial charge in [0.05, 0.1) is 23.3 Å². The maximum Gasteiger partial charge on any atom is 0.335 e. The van der Waals surface area contributed by atoms with Gasteiger partial charge < -0.3 is 19.9 Å². The molecule has 0 unspecified atom stereocenters. The molecular formula is C27H23ClN4O2S. The summed E-state index contributed by atoms with van der Waals surface area (Å²) in [7, 11) is 0. The summed E-state index contributed by atoms with van der Waals surface area (Å²) >= 11 is 12.0. The van der Waals surface area contributed by atoms with Crippen LogP contribution in [-0.2, 0) is 0 Å². The average molecular weight is 503 g/mol. The Bertz CT molecular complexity index is 1420. The summed E-state index contributed by atoms with van der Waals surface area (Å²) < 4.78 is 2.08. The highest BCUT2D eigenvalue weighted by molar-refractivity contribution is 7.80. The van der Waals surface area contributed by atoms with Crippen molar-refractivity contribution in [3.8, 4) is 5.69 Å². The highest BCUT2D eigenvalue weighted by atomic mass is 35.5. The highest BCUT2D eigenvalue weighted by Crippen LogP contribution is 2.43. The number of carboxylic acids is 1. The molecule has 1 aliphatic heterocycles. The van der Waals surface area contributed by atoms with Crippen LogP contribution in [-0.4, -0.2) is 25.7 Å². The van der Waals surface area contributed by atoms with Gasteiger partial charge in [-0.15, -0.1) is 0 Å². The number of hydrogen-bond acceptors (Lipinski definition) is 3. The van der Waals surface area contributed by atoms with Gasteiger partial charge in [0.1, 0.15) is 0 Å². The van der Waals surface area contributed by atoms with Gasteiger partial charge in [0.15, 0.2) is 5.11 Å². The molecule has 0 spiro atoms. The Hall–Kier alpha value is -3.68. The molecule has 35 heavy (non-hydrogen) atoms. The van der Waals surface area contributed by atoms with Crippen LogP contribution < -0.4 is 10.2 Å². The largest absolute Gasteiger partial charge is 0.478 e. The normalized spacial score (nSPS) is 17.5. The van der Waals surface area contributed by atoms with Gasteiger partial charge in [-0.05, 0) is 92.3 Å². The summed E-state index contributed by atoms with van der Waals surface area (Å²) in [6.07, 6.45) is 1.78. The van der Waals surface area contributed by atoms with Crippen molar-refractivity contribution in [3.63, 3.8) is 0 Å². The number of hydrogen-bond donors (Lipinski definition) is 2. The van der Waals surface area contributed by atoms with Crippen molar-refractivity contribution in [3.05, 3.63) is 112 Å². The first-order chi connectivity index (χ1) is 16.8. The van der Waals surface area contributed by atoms with Crippen molar-refractivity contribution < 1.29 is 9.90 Å². The van der Waals surface area contributed by atoms with E-state index in [1.165, 1.54) is 0 Å². The van der Waals surface area contributed by atoms with Crippen LogP contribution in [0.5, 0.6) is 0 Å². The Morgan fingerprint density at radius 2 is 1.80 bits per heavy atom. The van der Waals surface area contributed by atoms with Crippen molar-refractivity contribution in [1.29, 1.82) is 0 Å². The fraction of sp³-hybridized carbons (Fsp3) is 0.148. The molecule has 5 rings (SSSR count). The second-order valence-electron chi connectivity index (χ2n) is 8.49. The Kier molecular flexibility index (Phi) is 6.05. The summed E-state index contributed by atoms with van der Waals surface area (Å²) in [5.41, 5.74) is 5.92. The molecule has 0 saturated carbocycles. The number of thiocarbonyl (C=S) groups is 1. The SMILES string of the molecule is Cc1cc([C@@H]2[C@H](c3ccccn3)NC(=S)N2c2ccc(Cl)cc2)c(C)n1-c1cccc(C(=O)O)c1. The molecule has 2 aromatic carbocycles. The lowest BCUT2D eigenvalue weighted by Crippen LogP contribution is -2.29. The molecule has 0 radical (unpaired) electrons. The molecule has 2 aromatic heterocycles. The molecule has 6 nitrogen and oxygen atoms in total. The van der Waals surface area contributed by atoms with Crippen LogP contribution in [0, 0.1) is 13.8 Å². The minimum absolute atomic E-state index is 0.179. The minimum atomic E-state index is -0.955. The molecular weight excluding hydrogens is 480 g/mol. The van der Waals surface area contributed by atoms with E-state index >= 15 is 0 Å². The number of rotatable bonds is 5. The monoisotopic (exact) mass is 502 g/mol. The van der Waals surface area contributed by atoms with Crippen LogP contribution in [0.2, 0.25) is 5.02 Å². The average Bonchev–Trinajstić information content (AvgIpc) is 3.35. The number of aromatic nitrogens is 2. The molecule has 8 heteroatoms. The Labute approximate surface area is 213 Å². The Morgan fingerprint density at radius 3 is 2.49 bits per heavy atom. The molecule has 0 bridgehead atoms. The third-order valence-electron chi connectivity index (χ3n) is 6.34. The fourth-order valence-electron chi connectivity index (χ4n) is 4.81. The molecule has 2 N–H and O–H groups in total. The molecule has 4 aromatic rings. The zero-order valence-electron chi connectivity index (χ0n) is 19.1. The van der Waals surface area contributed by atoms with Crippen LogP contribution in [0.3, 0.4) is 0 Å². The number of carboxylic acid groups (broad SMARTS) is 1. The quantitative estimate of drug-likeness (QED) is 0.325. The number of benzene rings is 2. The Balaban J connectivity index is 1.67. The van der Waals surface area contributed by atoms with E-state index in [1.807, 2.05) is 62.4 Å². The third-order valence-corrected chi connectivity index (χ3v) is 6.91. The molecule has 176 valence electrons. The summed E-state index contributed by atoms with van der Waals surface area (Å²) in [4.78, 5) is 18.3. The highest BCUT2D eigenvalue weighted by Gasteiger charge is 2.42. The summed E-state index contributed by atoms with van der Waals surface area (Å²) in [5, 5.41) is 14.2. The van der Waals surface area contributed by atoms with Gasteiger partial charge in [0, 0.05) is 34.0 Å². The maximum absolute atomic E-state index is 11.6. The van der Waals surface area contributed by atoms with Gasteiger partial charge in [-0.25, -0.2) is 4.79 Å². The predicted octanol–water partition coefficient (Wildman–Crippen LogP) is 6.02. The Morgan fingerprint density at radius 1 is 1.03 bits per heavy atom. The fourth-order valence-corrected chi connectivity index (χ4v) is 5.29. The van der Waals surface area contributed by atoms with Crippen LogP contribution >= 0.6 is 23.8 Å². The second kappa shape index (κ2) is 9.17. The van der Waals surface area contributed by atoms with E-state index in [1.54, 1.807) is 24.4 Å². The minimum Gasteiger partial charge on any atom is -0.478 e. The number of pyridine rings is 1. The first-order valence-electron chi connectivity index (χ1n) is 11.1. The van der Waals surface area contributed by atoms with Crippen molar-refractivity contribution in [2.24, 2.45) is 0 Å². The number of nitrogens with one attached hydrogen (secondary N) is 1. The van der Waals surface area contributed by atoms with Crippen LogP contribution in [0.1, 0.15) is 45.1 Å². The first-order valence-corrected chi connectivity index (χ1v) is 11.9. The van der Waals surface area contributed by atoms with Gasteiger partial charge in [-0.2, -0.15) is 0 Å². The lowest BCUT2D eigenvalue weighted by Gasteiger charge is -2.28. The first kappa shape index (κ1) is 23.1. The van der Waals surface area contributed by atoms with Gasteiger partial charge in [-0.1, -0.05) is 23.7 Å². The van der Waals surface area contributed by atoms with E-state index in [0.29, 0.717) is 10.1 Å². The topological polar surface area (TPSA) is 70.4 Å². The number of nitrogens with zero attached hydrogens (tertiary/aromatic N) is 3. The number of carbonyl (C=O) groups is 1. The molecule has 1 saturated heterocycles. The number of anilines is 1. The summed E-state index contributed by atoms with van der Waals surface area (Å²) in [6.45, 7) is 4.07. The summed E-state index contributed by atoms with van der Waals surface area (Å²) in [5.74, 6) is -0.955. The number of halogens is 1. The lowest BCUT2D eigenvalue weighted by molar-refractivity contribution is 0.0697. The van der Waals surface area contributed by atoms with Crippen molar-refractivity contribution in [2.75, 3.05) is 4.90 Å². The second-order valence-corrected chi connectivity index (χ2v) is 9.31. The van der Waals surface area contributed by atoms with Crippen molar-refractivity contribution >= 4 is 40.6 Å². The summed E-state index contributed by atoms with van der Waals surface area (Å²) in [6, 6.07) is 22.2. The van der Waals surface area contributed by atoms with Crippen molar-refractivity contribution in [2.45, 2.75) is 25.9 Å². The standard InChI is InChI=1S/C27H23ClN4O2S/c1-16-14-22(17(2)31(16)21-7-5-6-18(15-21)26(33)34)25-24(23-8-3-4-13-29-23)30-27(35)32(25)20-11-9-19(28)10-12-20/h3-15,24-25H,1-2H3,(H,30,35)(H,33,34)/t24-,25+/m0/s1. The van der Waals surface area contributed by atoms with Crippen molar-refractivity contribution in [1.82, 2.24) is 14.9 Å². The van der Waals surface area contributed by atoms with E-state index in [2.05, 4.69) is 25.8 Å². The zero-order chi connectivity index (χ0) is 24.7. The maximum atomic E-state index is 11.6. The molecule has 0 amide bonds. The van der Waals surface area contributed by atoms with E-state index in [0.717, 1.165) is 34.0 Å². The van der Waals surface area contributed by atoms with Gasteiger partial charge in [-0.3, -0.25) is 4.98 Å². The number of aromatic carboxylic acids is 1. The van der Waals surface area contributed by atoms with E-state index in [4.69, 9.17) is 23.8 Å².